The number of nitrogens with zero attached hydrogens (tertiary/aromatic N) is 3. The third kappa shape index (κ3) is 4.88. The molecule has 0 aliphatic heterocycles. The van der Waals surface area contributed by atoms with Gasteiger partial charge in [0.25, 0.3) is 0 Å². The highest BCUT2D eigenvalue weighted by atomic mass is 35.5. The van der Waals surface area contributed by atoms with Gasteiger partial charge in [0.2, 0.25) is 0 Å². The van der Waals surface area contributed by atoms with E-state index in [-0.39, 0.29) is 6.03 Å². The predicted octanol–water partition coefficient (Wildman–Crippen LogP) is 6.30. The maximum atomic E-state index is 12.4. The second kappa shape index (κ2) is 9.61. The summed E-state index contributed by atoms with van der Waals surface area (Å²) >= 11 is 7.33. The molecule has 11 heteroatoms. The molecule has 0 aliphatic rings. The van der Waals surface area contributed by atoms with Crippen LogP contribution in [0.4, 0.5) is 27.1 Å². The molecule has 9 nitrogen and oxygen atoms in total. The average Bonchev–Trinajstić information content (AvgIpc) is 3.26. The molecule has 0 unspecified atom stereocenters. The van der Waals surface area contributed by atoms with E-state index in [0.717, 1.165) is 15.6 Å². The zero-order valence-corrected chi connectivity index (χ0v) is 20.2. The van der Waals surface area contributed by atoms with E-state index in [1.54, 1.807) is 50.6 Å². The fraction of sp³-hybridized carbons (Fsp3) is 0.0833. The van der Waals surface area contributed by atoms with Crippen molar-refractivity contribution in [1.29, 1.82) is 0 Å². The number of urea groups is 1. The van der Waals surface area contributed by atoms with E-state index in [4.69, 9.17) is 21.1 Å². The van der Waals surface area contributed by atoms with Crippen molar-refractivity contribution in [2.75, 3.05) is 30.2 Å². The second-order valence-corrected chi connectivity index (χ2v) is 8.83. The van der Waals surface area contributed by atoms with Gasteiger partial charge in [0.1, 0.15) is 12.1 Å². The van der Waals surface area contributed by atoms with Gasteiger partial charge in [0, 0.05) is 27.8 Å². The number of anilines is 4. The van der Waals surface area contributed by atoms with Crippen molar-refractivity contribution in [2.24, 2.45) is 0 Å². The number of aromatic nitrogens is 3. The third-order valence-electron chi connectivity index (χ3n) is 5.11. The number of amides is 2. The number of carbonyl (C=O) groups excluding carboxylic acids is 1. The normalized spacial score (nSPS) is 10.8. The maximum absolute atomic E-state index is 12.4. The number of rotatable bonds is 6. The van der Waals surface area contributed by atoms with Crippen LogP contribution in [0.25, 0.3) is 21.1 Å². The van der Waals surface area contributed by atoms with E-state index in [9.17, 15) is 4.79 Å². The lowest BCUT2D eigenvalue weighted by molar-refractivity contribution is 0.262. The summed E-state index contributed by atoms with van der Waals surface area (Å²) in [6.45, 7) is 0. The lowest BCUT2D eigenvalue weighted by Gasteiger charge is -2.10. The fourth-order valence-corrected chi connectivity index (χ4v) is 4.50. The number of nitrogens with one attached hydrogen (secondary N) is 3. The van der Waals surface area contributed by atoms with Gasteiger partial charge >= 0.3 is 6.03 Å². The largest absolute Gasteiger partial charge is 0.493 e. The number of halogens is 1. The van der Waals surface area contributed by atoms with Crippen molar-refractivity contribution in [3.05, 3.63) is 65.9 Å². The first-order valence-corrected chi connectivity index (χ1v) is 11.6. The van der Waals surface area contributed by atoms with E-state index in [2.05, 4.69) is 30.9 Å². The van der Waals surface area contributed by atoms with E-state index >= 15 is 0 Å². The molecule has 0 radical (unpaired) electrons. The van der Waals surface area contributed by atoms with Crippen LogP contribution in [0.1, 0.15) is 0 Å². The van der Waals surface area contributed by atoms with Crippen LogP contribution in [0.15, 0.2) is 60.9 Å². The van der Waals surface area contributed by atoms with E-state index in [1.807, 2.05) is 18.2 Å². The molecule has 2 aromatic heterocycles. The summed E-state index contributed by atoms with van der Waals surface area (Å²) in [4.78, 5) is 25.7. The molecule has 2 amide bonds. The van der Waals surface area contributed by atoms with Gasteiger partial charge in [0.05, 0.1) is 30.0 Å². The zero-order chi connectivity index (χ0) is 24.4. The Morgan fingerprint density at radius 2 is 1.60 bits per heavy atom. The number of hydrogen-bond acceptors (Lipinski definition) is 8. The van der Waals surface area contributed by atoms with Gasteiger partial charge in [-0.15, -0.1) is 0 Å². The van der Waals surface area contributed by atoms with Gasteiger partial charge in [-0.2, -0.15) is 0 Å². The van der Waals surface area contributed by atoms with Gasteiger partial charge in [-0.05, 0) is 48.5 Å². The third-order valence-corrected chi connectivity index (χ3v) is 6.30. The minimum atomic E-state index is -0.355. The molecule has 3 aromatic carbocycles. The lowest BCUT2D eigenvalue weighted by Crippen LogP contribution is -2.19. The van der Waals surface area contributed by atoms with Crippen LogP contribution < -0.4 is 25.4 Å². The Hall–Kier alpha value is -4.15. The monoisotopic (exact) mass is 506 g/mol. The minimum Gasteiger partial charge on any atom is -0.493 e. The molecular weight excluding hydrogens is 488 g/mol. The first-order valence-electron chi connectivity index (χ1n) is 10.4. The quantitative estimate of drug-likeness (QED) is 0.248. The summed E-state index contributed by atoms with van der Waals surface area (Å²) in [5.41, 5.74) is 2.78. The molecule has 0 atom stereocenters. The van der Waals surface area contributed by atoms with E-state index in [0.29, 0.717) is 44.4 Å². The highest BCUT2D eigenvalue weighted by Crippen LogP contribution is 2.36. The molecule has 176 valence electrons. The van der Waals surface area contributed by atoms with Crippen molar-refractivity contribution in [2.45, 2.75) is 0 Å². The Morgan fingerprint density at radius 3 is 2.37 bits per heavy atom. The number of ether oxygens (including phenoxy) is 2. The molecule has 0 bridgehead atoms. The summed E-state index contributed by atoms with van der Waals surface area (Å²) in [6.07, 6.45) is 1.48. The average molecular weight is 507 g/mol. The summed E-state index contributed by atoms with van der Waals surface area (Å²) in [7, 11) is 3.16. The highest BCUT2D eigenvalue weighted by Gasteiger charge is 2.13. The van der Waals surface area contributed by atoms with Gasteiger partial charge in [-0.25, -0.2) is 19.7 Å². The smallest absolute Gasteiger partial charge is 0.323 e. The topological polar surface area (TPSA) is 110 Å². The summed E-state index contributed by atoms with van der Waals surface area (Å²) in [5, 5.41) is 10.9. The first kappa shape index (κ1) is 22.6. The van der Waals surface area contributed by atoms with Crippen molar-refractivity contribution in [3.8, 4) is 11.5 Å². The number of thiazole rings is 1. The second-order valence-electron chi connectivity index (χ2n) is 7.36. The Bertz CT molecular complexity index is 1540. The van der Waals surface area contributed by atoms with Gasteiger partial charge in [-0.1, -0.05) is 22.9 Å². The summed E-state index contributed by atoms with van der Waals surface area (Å²) in [5.74, 6) is 1.76. The van der Waals surface area contributed by atoms with Crippen LogP contribution in [0.2, 0.25) is 5.02 Å². The van der Waals surface area contributed by atoms with Crippen molar-refractivity contribution in [3.63, 3.8) is 0 Å². The molecule has 0 saturated carbocycles. The summed E-state index contributed by atoms with van der Waals surface area (Å²) < 4.78 is 11.7. The molecule has 5 rings (SSSR count). The number of hydrogen-bond donors (Lipinski definition) is 3. The molecule has 2 heterocycles. The SMILES string of the molecule is COc1cc2ncnc(Nc3nc4ccc(NC(=O)Nc5ccc(Cl)cc5)cc4s3)c2cc1OC. The zero-order valence-electron chi connectivity index (χ0n) is 18.6. The Morgan fingerprint density at radius 1 is 0.886 bits per heavy atom. The molecule has 3 N–H and O–H groups in total. The van der Waals surface area contributed by atoms with Gasteiger partial charge in [0.15, 0.2) is 16.6 Å². The lowest BCUT2D eigenvalue weighted by atomic mass is 10.2. The molecular formula is C24H19ClN6O3S. The van der Waals surface area contributed by atoms with Gasteiger partial charge in [-0.3, -0.25) is 0 Å². The van der Waals surface area contributed by atoms with Crippen LogP contribution >= 0.6 is 22.9 Å². The standard InChI is InChI=1S/C24H19ClN6O3S/c1-33-19-10-16-18(11-20(19)34-2)26-12-27-22(16)31-24-30-17-8-7-15(9-21(17)35-24)29-23(32)28-14-5-3-13(25)4-6-14/h3-12H,1-2H3,(H2,28,29,32)(H,26,27,30,31). The molecule has 35 heavy (non-hydrogen) atoms. The minimum absolute atomic E-state index is 0.355. The number of carbonyl (C=O) groups is 1. The Labute approximate surface area is 209 Å². The maximum Gasteiger partial charge on any atom is 0.323 e. The number of fused-ring (bicyclic) bond motifs is 2. The van der Waals surface area contributed by atoms with Crippen LogP contribution in [0, 0.1) is 0 Å². The van der Waals surface area contributed by atoms with Crippen molar-refractivity contribution < 1.29 is 14.3 Å². The van der Waals surface area contributed by atoms with Gasteiger partial charge < -0.3 is 25.4 Å². The molecule has 0 saturated heterocycles. The van der Waals surface area contributed by atoms with Crippen LogP contribution in [0.3, 0.4) is 0 Å². The van der Waals surface area contributed by atoms with Crippen molar-refractivity contribution in [1.82, 2.24) is 15.0 Å². The Kier molecular flexibility index (Phi) is 6.21. The van der Waals surface area contributed by atoms with E-state index in [1.165, 1.54) is 17.7 Å². The highest BCUT2D eigenvalue weighted by molar-refractivity contribution is 7.22. The van der Waals surface area contributed by atoms with E-state index < -0.39 is 0 Å². The molecule has 5 aromatic rings. The molecule has 0 fully saturated rings. The van der Waals surface area contributed by atoms with Crippen LogP contribution in [-0.2, 0) is 0 Å². The number of benzene rings is 3. The fourth-order valence-electron chi connectivity index (χ4n) is 3.47. The summed E-state index contributed by atoms with van der Waals surface area (Å²) in [6, 6.07) is 15.7. The van der Waals surface area contributed by atoms with Crippen LogP contribution in [-0.4, -0.2) is 35.2 Å². The first-order chi connectivity index (χ1) is 17.0. The Balaban J connectivity index is 1.36. The predicted molar refractivity (Wildman–Crippen MR) is 140 cm³/mol. The molecule has 0 spiro atoms. The van der Waals surface area contributed by atoms with Crippen LogP contribution in [0.5, 0.6) is 11.5 Å². The molecule has 0 aliphatic carbocycles. The number of methoxy groups -OCH3 is 2. The van der Waals surface area contributed by atoms with Crippen molar-refractivity contribution >= 4 is 72.4 Å².